The first-order chi connectivity index (χ1) is 16.9. The average molecular weight is 479 g/mol. The zero-order valence-electron chi connectivity index (χ0n) is 19.5. The molecule has 10 nitrogen and oxygen atoms in total. The summed E-state index contributed by atoms with van der Waals surface area (Å²) in [5.41, 5.74) is 2.79. The van der Waals surface area contributed by atoms with Crippen molar-refractivity contribution in [3.63, 3.8) is 0 Å². The van der Waals surface area contributed by atoms with Gasteiger partial charge < -0.3 is 25.7 Å². The Morgan fingerprint density at radius 3 is 1.89 bits per heavy atom. The third kappa shape index (κ3) is 6.36. The van der Waals surface area contributed by atoms with Crippen molar-refractivity contribution in [1.29, 1.82) is 0 Å². The van der Waals surface area contributed by atoms with E-state index in [1.165, 1.54) is 6.92 Å². The van der Waals surface area contributed by atoms with Gasteiger partial charge in [0.25, 0.3) is 0 Å². The Morgan fingerprint density at radius 2 is 1.46 bits per heavy atom. The first-order valence-corrected chi connectivity index (χ1v) is 11.7. The van der Waals surface area contributed by atoms with E-state index in [1.54, 1.807) is 49.3 Å². The highest BCUT2D eigenvalue weighted by Crippen LogP contribution is 2.23. The fourth-order valence-electron chi connectivity index (χ4n) is 4.32. The van der Waals surface area contributed by atoms with Crippen LogP contribution in [0, 0.1) is 5.92 Å². The molecule has 0 saturated carbocycles. The molecule has 1 aliphatic heterocycles. The number of Topliss-reactive ketones (excluding diaryl/α,β-unsaturated/α-hetero) is 3. The van der Waals surface area contributed by atoms with E-state index in [2.05, 4.69) is 30.6 Å². The zero-order chi connectivity index (χ0) is 24.8. The Bertz CT molecular complexity index is 1070. The van der Waals surface area contributed by atoms with Gasteiger partial charge in [-0.2, -0.15) is 0 Å². The molecule has 4 rings (SSSR count). The molecule has 1 aliphatic rings. The third-order valence-electron chi connectivity index (χ3n) is 6.44. The van der Waals surface area contributed by atoms with Crippen molar-refractivity contribution in [2.75, 3.05) is 13.1 Å². The first-order valence-electron chi connectivity index (χ1n) is 11.7. The smallest absolute Gasteiger partial charge is 0.159 e. The number of carbonyl (C=O) groups excluding carboxylic acids is 3. The summed E-state index contributed by atoms with van der Waals surface area (Å²) in [4.78, 5) is 51.9. The molecule has 0 bridgehead atoms. The van der Waals surface area contributed by atoms with Gasteiger partial charge in [0.1, 0.15) is 0 Å². The van der Waals surface area contributed by atoms with Gasteiger partial charge in [-0.05, 0) is 12.5 Å². The van der Waals surface area contributed by atoms with Gasteiger partial charge >= 0.3 is 0 Å². The molecule has 0 radical (unpaired) electrons. The molecule has 35 heavy (non-hydrogen) atoms. The van der Waals surface area contributed by atoms with E-state index in [4.69, 9.17) is 0 Å². The Labute approximate surface area is 203 Å². The molecular formula is C25H30N6O4. The average Bonchev–Trinajstić information content (AvgIpc) is 3.56. The van der Waals surface area contributed by atoms with Crippen molar-refractivity contribution in [1.82, 2.24) is 30.6 Å². The van der Waals surface area contributed by atoms with Crippen molar-refractivity contribution in [3.05, 3.63) is 71.8 Å². The SMILES string of the molecule is CC(=O)c1ccc(C(O)C2CN[C@@H](Cc3cnc[nH]3)C(=O)CC(=O)[C@H](Cc3cnc[nH]3)NC2)cc1. The maximum Gasteiger partial charge on any atom is 0.159 e. The molecule has 1 saturated heterocycles. The fourth-order valence-corrected chi connectivity index (χ4v) is 4.32. The fraction of sp³-hybridized carbons (Fsp3) is 0.400. The van der Waals surface area contributed by atoms with E-state index < -0.39 is 18.2 Å². The minimum Gasteiger partial charge on any atom is -0.388 e. The number of imidazole rings is 2. The predicted molar refractivity (Wildman–Crippen MR) is 128 cm³/mol. The summed E-state index contributed by atoms with van der Waals surface area (Å²) in [6.45, 7) is 2.19. The summed E-state index contributed by atoms with van der Waals surface area (Å²) >= 11 is 0. The highest BCUT2D eigenvalue weighted by atomic mass is 16.3. The van der Waals surface area contributed by atoms with Crippen LogP contribution in [0.4, 0.5) is 0 Å². The number of rotatable bonds is 7. The van der Waals surface area contributed by atoms with Gasteiger partial charge in [0, 0.05) is 61.2 Å². The number of H-pyrrole nitrogens is 2. The van der Waals surface area contributed by atoms with Gasteiger partial charge in [-0.15, -0.1) is 0 Å². The van der Waals surface area contributed by atoms with Crippen LogP contribution >= 0.6 is 0 Å². The van der Waals surface area contributed by atoms with Crippen LogP contribution in [0.25, 0.3) is 0 Å². The van der Waals surface area contributed by atoms with E-state index in [0.717, 1.165) is 11.4 Å². The molecule has 1 aromatic carbocycles. The first kappa shape index (κ1) is 24.6. The van der Waals surface area contributed by atoms with Gasteiger partial charge in [0.05, 0.1) is 37.3 Å². The van der Waals surface area contributed by atoms with Crippen LogP contribution in [0.2, 0.25) is 0 Å². The number of carbonyl (C=O) groups is 3. The third-order valence-corrected chi connectivity index (χ3v) is 6.44. The molecule has 3 aromatic rings. The molecule has 2 aromatic heterocycles. The number of aliphatic hydroxyl groups excluding tert-OH is 1. The van der Waals surface area contributed by atoms with Crippen LogP contribution in [0.15, 0.2) is 49.3 Å². The van der Waals surface area contributed by atoms with E-state index in [9.17, 15) is 19.5 Å². The lowest BCUT2D eigenvalue weighted by molar-refractivity contribution is -0.129. The summed E-state index contributed by atoms with van der Waals surface area (Å²) in [6.07, 6.45) is 6.06. The molecule has 1 fully saturated rings. The second-order valence-electron chi connectivity index (χ2n) is 8.98. The topological polar surface area (TPSA) is 153 Å². The number of aromatic nitrogens is 4. The van der Waals surface area contributed by atoms with Crippen LogP contribution in [-0.4, -0.2) is 67.6 Å². The largest absolute Gasteiger partial charge is 0.388 e. The van der Waals surface area contributed by atoms with Crippen LogP contribution in [0.3, 0.4) is 0 Å². The second kappa shape index (κ2) is 11.3. The Balaban J connectivity index is 1.57. The highest BCUT2D eigenvalue weighted by molar-refractivity contribution is 6.03. The number of aliphatic hydroxyl groups is 1. The molecule has 5 N–H and O–H groups in total. The van der Waals surface area contributed by atoms with Crippen molar-refractivity contribution in [2.45, 2.75) is 44.4 Å². The van der Waals surface area contributed by atoms with E-state index in [0.29, 0.717) is 37.1 Å². The minimum absolute atomic E-state index is 0.0478. The normalized spacial score (nSPS) is 21.1. The quantitative estimate of drug-likeness (QED) is 0.248. The predicted octanol–water partition coefficient (Wildman–Crippen LogP) is 0.929. The lowest BCUT2D eigenvalue weighted by Gasteiger charge is -2.30. The number of benzene rings is 1. The van der Waals surface area contributed by atoms with Gasteiger partial charge in [-0.25, -0.2) is 9.97 Å². The van der Waals surface area contributed by atoms with E-state index in [-0.39, 0.29) is 29.7 Å². The van der Waals surface area contributed by atoms with Crippen LogP contribution in [0.1, 0.15) is 46.8 Å². The molecule has 1 unspecified atom stereocenters. The van der Waals surface area contributed by atoms with Gasteiger partial charge in [-0.1, -0.05) is 24.3 Å². The maximum atomic E-state index is 13.1. The second-order valence-corrected chi connectivity index (χ2v) is 8.98. The summed E-state index contributed by atoms with van der Waals surface area (Å²) in [6, 6.07) is 5.66. The minimum atomic E-state index is -0.874. The lowest BCUT2D eigenvalue weighted by Crippen LogP contribution is -2.50. The number of nitrogens with one attached hydrogen (secondary N) is 4. The highest BCUT2D eigenvalue weighted by Gasteiger charge is 2.31. The molecule has 10 heteroatoms. The van der Waals surface area contributed by atoms with Gasteiger partial charge in [0.2, 0.25) is 0 Å². The standard InChI is InChI=1S/C25H30N6O4/c1-15(32)16-2-4-17(5-3-16)25(35)18-9-28-21(6-19-11-26-13-30-19)23(33)8-24(34)22(29-10-18)7-20-12-27-14-31-20/h2-5,11-14,18,21-22,25,28-29,35H,6-10H2,1H3,(H,26,30)(H,27,31)/t21-,22-,25?/m0/s1. The molecular weight excluding hydrogens is 448 g/mol. The number of aromatic amines is 2. The Morgan fingerprint density at radius 1 is 0.943 bits per heavy atom. The summed E-state index contributed by atoms with van der Waals surface area (Å²) in [5.74, 6) is -0.803. The number of ketones is 3. The Kier molecular flexibility index (Phi) is 7.96. The monoisotopic (exact) mass is 478 g/mol. The van der Waals surface area contributed by atoms with Crippen molar-refractivity contribution >= 4 is 17.3 Å². The summed E-state index contributed by atoms with van der Waals surface area (Å²) < 4.78 is 0. The molecule has 184 valence electrons. The number of hydrogen-bond donors (Lipinski definition) is 5. The lowest BCUT2D eigenvalue weighted by atomic mass is 9.91. The summed E-state index contributed by atoms with van der Waals surface area (Å²) in [5, 5.41) is 17.7. The van der Waals surface area contributed by atoms with Crippen molar-refractivity contribution < 1.29 is 19.5 Å². The van der Waals surface area contributed by atoms with Gasteiger partial charge in [-0.3, -0.25) is 14.4 Å². The van der Waals surface area contributed by atoms with Crippen LogP contribution in [0.5, 0.6) is 0 Å². The van der Waals surface area contributed by atoms with E-state index >= 15 is 0 Å². The van der Waals surface area contributed by atoms with Crippen LogP contribution in [-0.2, 0) is 22.4 Å². The van der Waals surface area contributed by atoms with Crippen LogP contribution < -0.4 is 10.6 Å². The zero-order valence-corrected chi connectivity index (χ0v) is 19.5. The molecule has 3 heterocycles. The Hall–Kier alpha value is -3.47. The molecule has 0 aliphatic carbocycles. The molecule has 0 amide bonds. The number of nitrogens with zero attached hydrogens (tertiary/aromatic N) is 2. The maximum absolute atomic E-state index is 13.1. The number of hydrogen-bond acceptors (Lipinski definition) is 8. The van der Waals surface area contributed by atoms with E-state index in [1.807, 2.05) is 0 Å². The molecule has 0 spiro atoms. The van der Waals surface area contributed by atoms with Gasteiger partial charge in [0.15, 0.2) is 17.3 Å². The molecule has 3 atom stereocenters. The summed E-state index contributed by atoms with van der Waals surface area (Å²) in [7, 11) is 0. The van der Waals surface area contributed by atoms with Crippen molar-refractivity contribution in [3.8, 4) is 0 Å². The van der Waals surface area contributed by atoms with Crippen molar-refractivity contribution in [2.24, 2.45) is 5.92 Å².